The Labute approximate surface area is 121 Å². The first-order chi connectivity index (χ1) is 9.54. The fourth-order valence-electron chi connectivity index (χ4n) is 2.01. The molecule has 0 aromatic heterocycles. The van der Waals surface area contributed by atoms with Gasteiger partial charge in [0.2, 0.25) is 6.79 Å². The van der Waals surface area contributed by atoms with Crippen LogP contribution in [0.15, 0.2) is 18.2 Å². The zero-order valence-electron chi connectivity index (χ0n) is 12.7. The molecule has 1 aromatic rings. The Bertz CT molecular complexity index is 426. The lowest BCUT2D eigenvalue weighted by Gasteiger charge is -2.20. The minimum Gasteiger partial charge on any atom is -0.454 e. The minimum atomic E-state index is 0.202. The van der Waals surface area contributed by atoms with Gasteiger partial charge in [-0.2, -0.15) is 0 Å². The van der Waals surface area contributed by atoms with E-state index in [9.17, 15) is 0 Å². The second-order valence-corrected chi connectivity index (χ2v) is 6.12. The first-order valence-corrected chi connectivity index (χ1v) is 7.26. The van der Waals surface area contributed by atoms with Gasteiger partial charge in [0, 0.05) is 12.1 Å². The molecule has 0 spiro atoms. The summed E-state index contributed by atoms with van der Waals surface area (Å²) >= 11 is 0. The lowest BCUT2D eigenvalue weighted by Crippen LogP contribution is -2.36. The normalized spacial score (nSPS) is 13.8. The van der Waals surface area contributed by atoms with Crippen molar-refractivity contribution in [1.29, 1.82) is 0 Å². The molecule has 0 unspecified atom stereocenters. The molecule has 1 aliphatic heterocycles. The van der Waals surface area contributed by atoms with Crippen LogP contribution in [0.3, 0.4) is 0 Å². The first kappa shape index (κ1) is 15.1. The molecular weight excluding hydrogens is 254 g/mol. The molecule has 112 valence electrons. The number of hydrogen-bond donors (Lipinski definition) is 1. The molecule has 0 aliphatic carbocycles. The summed E-state index contributed by atoms with van der Waals surface area (Å²) < 4.78 is 16.3. The Morgan fingerprint density at radius 2 is 1.95 bits per heavy atom. The third kappa shape index (κ3) is 5.02. The molecule has 0 bridgehead atoms. The van der Waals surface area contributed by atoms with Gasteiger partial charge in [-0.3, -0.25) is 0 Å². The van der Waals surface area contributed by atoms with Crippen LogP contribution in [0, 0.1) is 0 Å². The monoisotopic (exact) mass is 279 g/mol. The Kier molecular flexibility index (Phi) is 5.26. The third-order valence-electron chi connectivity index (χ3n) is 3.08. The van der Waals surface area contributed by atoms with Gasteiger partial charge in [0.05, 0.1) is 6.61 Å². The van der Waals surface area contributed by atoms with Crippen LogP contribution in [0.4, 0.5) is 0 Å². The van der Waals surface area contributed by atoms with Crippen LogP contribution >= 0.6 is 0 Å². The zero-order valence-corrected chi connectivity index (χ0v) is 12.7. The van der Waals surface area contributed by atoms with Crippen molar-refractivity contribution >= 4 is 0 Å². The van der Waals surface area contributed by atoms with Crippen molar-refractivity contribution in [2.75, 3.05) is 19.9 Å². The fourth-order valence-corrected chi connectivity index (χ4v) is 2.01. The van der Waals surface area contributed by atoms with E-state index in [1.165, 1.54) is 0 Å². The highest BCUT2D eigenvalue weighted by molar-refractivity contribution is 5.44. The molecule has 4 nitrogen and oxygen atoms in total. The molecule has 1 heterocycles. The van der Waals surface area contributed by atoms with Crippen LogP contribution < -0.4 is 14.8 Å². The molecular formula is C16H25NO3. The van der Waals surface area contributed by atoms with Gasteiger partial charge in [-0.15, -0.1) is 0 Å². The van der Waals surface area contributed by atoms with E-state index < -0.39 is 0 Å². The predicted octanol–water partition coefficient (Wildman–Crippen LogP) is 3.10. The maximum atomic E-state index is 5.69. The van der Waals surface area contributed by atoms with Gasteiger partial charge in [-0.25, -0.2) is 0 Å². The largest absolute Gasteiger partial charge is 0.454 e. The van der Waals surface area contributed by atoms with E-state index in [-0.39, 0.29) is 5.54 Å². The molecule has 20 heavy (non-hydrogen) atoms. The molecule has 0 amide bonds. The lowest BCUT2D eigenvalue weighted by atomic mass is 10.1. The van der Waals surface area contributed by atoms with Gasteiger partial charge in [-0.05, 0) is 57.9 Å². The van der Waals surface area contributed by atoms with Gasteiger partial charge < -0.3 is 19.5 Å². The van der Waals surface area contributed by atoms with E-state index in [0.29, 0.717) is 13.4 Å². The average Bonchev–Trinajstić information content (AvgIpc) is 2.83. The summed E-state index contributed by atoms with van der Waals surface area (Å²) in [6, 6.07) is 5.95. The number of rotatable bonds is 7. The van der Waals surface area contributed by atoms with Crippen molar-refractivity contribution in [3.8, 4) is 11.5 Å². The van der Waals surface area contributed by atoms with E-state index in [2.05, 4.69) is 26.1 Å². The summed E-state index contributed by atoms with van der Waals surface area (Å²) in [6.07, 6.45) is 2.21. The maximum absolute atomic E-state index is 5.69. The van der Waals surface area contributed by atoms with E-state index in [1.54, 1.807) is 0 Å². The van der Waals surface area contributed by atoms with E-state index >= 15 is 0 Å². The van der Waals surface area contributed by atoms with Crippen LogP contribution in [0.25, 0.3) is 0 Å². The van der Waals surface area contributed by atoms with E-state index in [0.717, 1.165) is 43.1 Å². The Hall–Kier alpha value is -1.26. The highest BCUT2D eigenvalue weighted by Crippen LogP contribution is 2.32. The number of unbranched alkanes of at least 4 members (excludes halogenated alkanes) is 1. The molecule has 0 radical (unpaired) electrons. The van der Waals surface area contributed by atoms with Crippen LogP contribution in [0.2, 0.25) is 0 Å². The maximum Gasteiger partial charge on any atom is 0.231 e. The van der Waals surface area contributed by atoms with Gasteiger partial charge in [0.25, 0.3) is 0 Å². The quantitative estimate of drug-likeness (QED) is 0.779. The topological polar surface area (TPSA) is 39.7 Å². The smallest absolute Gasteiger partial charge is 0.231 e. The second-order valence-electron chi connectivity index (χ2n) is 6.12. The van der Waals surface area contributed by atoms with Crippen molar-refractivity contribution in [2.45, 2.75) is 45.8 Å². The van der Waals surface area contributed by atoms with Crippen molar-refractivity contribution in [1.82, 2.24) is 5.32 Å². The SMILES string of the molecule is CC(C)(C)NCCCCOCc1ccc2c(c1)OCO2. The molecule has 1 aromatic carbocycles. The number of ether oxygens (including phenoxy) is 3. The van der Waals surface area contributed by atoms with Crippen LogP contribution in [0.1, 0.15) is 39.2 Å². The fraction of sp³-hybridized carbons (Fsp3) is 0.625. The first-order valence-electron chi connectivity index (χ1n) is 7.26. The van der Waals surface area contributed by atoms with Crippen molar-refractivity contribution in [2.24, 2.45) is 0 Å². The number of benzene rings is 1. The van der Waals surface area contributed by atoms with Crippen molar-refractivity contribution in [3.05, 3.63) is 23.8 Å². The van der Waals surface area contributed by atoms with Gasteiger partial charge in [0.15, 0.2) is 11.5 Å². The Morgan fingerprint density at radius 3 is 2.75 bits per heavy atom. The number of hydrogen-bond acceptors (Lipinski definition) is 4. The summed E-state index contributed by atoms with van der Waals surface area (Å²) in [5.74, 6) is 1.64. The second kappa shape index (κ2) is 6.95. The molecule has 0 saturated carbocycles. The standard InChI is InChI=1S/C16H25NO3/c1-16(2,3)17-8-4-5-9-18-11-13-6-7-14-15(10-13)20-12-19-14/h6-7,10,17H,4-5,8-9,11-12H2,1-3H3. The van der Waals surface area contributed by atoms with E-state index in [1.807, 2.05) is 18.2 Å². The molecule has 0 saturated heterocycles. The zero-order chi connectivity index (χ0) is 14.4. The van der Waals surface area contributed by atoms with Gasteiger partial charge >= 0.3 is 0 Å². The average molecular weight is 279 g/mol. The lowest BCUT2D eigenvalue weighted by molar-refractivity contribution is 0.116. The minimum absolute atomic E-state index is 0.202. The summed E-state index contributed by atoms with van der Waals surface area (Å²) in [5, 5.41) is 3.47. The number of nitrogens with one attached hydrogen (secondary N) is 1. The summed E-state index contributed by atoms with van der Waals surface area (Å²) in [7, 11) is 0. The molecule has 2 rings (SSSR count). The Morgan fingerprint density at radius 1 is 1.15 bits per heavy atom. The predicted molar refractivity (Wildman–Crippen MR) is 79.2 cm³/mol. The van der Waals surface area contributed by atoms with Gasteiger partial charge in [0.1, 0.15) is 0 Å². The van der Waals surface area contributed by atoms with Crippen LogP contribution in [0.5, 0.6) is 11.5 Å². The van der Waals surface area contributed by atoms with Crippen LogP contribution in [-0.4, -0.2) is 25.5 Å². The molecule has 1 N–H and O–H groups in total. The summed E-state index contributed by atoms with van der Waals surface area (Å²) in [6.45, 7) is 9.33. The van der Waals surface area contributed by atoms with E-state index in [4.69, 9.17) is 14.2 Å². The highest BCUT2D eigenvalue weighted by Gasteiger charge is 2.13. The van der Waals surface area contributed by atoms with Gasteiger partial charge in [-0.1, -0.05) is 6.07 Å². The highest BCUT2D eigenvalue weighted by atomic mass is 16.7. The molecule has 1 aliphatic rings. The third-order valence-corrected chi connectivity index (χ3v) is 3.08. The van der Waals surface area contributed by atoms with Crippen LogP contribution in [-0.2, 0) is 11.3 Å². The molecule has 4 heteroatoms. The van der Waals surface area contributed by atoms with Crippen molar-refractivity contribution < 1.29 is 14.2 Å². The van der Waals surface area contributed by atoms with Crippen molar-refractivity contribution in [3.63, 3.8) is 0 Å². The Balaban J connectivity index is 1.57. The summed E-state index contributed by atoms with van der Waals surface area (Å²) in [5.41, 5.74) is 1.33. The number of fused-ring (bicyclic) bond motifs is 1. The molecule has 0 fully saturated rings. The molecule has 0 atom stereocenters. The summed E-state index contributed by atoms with van der Waals surface area (Å²) in [4.78, 5) is 0.